The minimum absolute atomic E-state index is 0.176. The lowest BCUT2D eigenvalue weighted by Gasteiger charge is -2.19. The molecule has 0 saturated heterocycles. The Kier molecular flexibility index (Phi) is 10.8. The van der Waals surface area contributed by atoms with Crippen LogP contribution in [0.5, 0.6) is 0 Å². The second-order valence-corrected chi connectivity index (χ2v) is 5.56. The van der Waals surface area contributed by atoms with Crippen molar-refractivity contribution in [3.63, 3.8) is 0 Å². The van der Waals surface area contributed by atoms with Crippen molar-refractivity contribution in [2.45, 2.75) is 37.4 Å². The Bertz CT molecular complexity index is 623. The fraction of sp³-hybridized carbons (Fsp3) is 0.571. The Labute approximate surface area is 158 Å². The number of aliphatic hydroxyl groups excluding tert-OH is 1. The second kappa shape index (κ2) is 12.2. The summed E-state index contributed by atoms with van der Waals surface area (Å²) in [5, 5.41) is 40.9. The van der Waals surface area contributed by atoms with Crippen molar-refractivity contribution in [2.75, 3.05) is 13.2 Å². The summed E-state index contributed by atoms with van der Waals surface area (Å²) in [5.41, 5.74) is 5.44. The van der Waals surface area contributed by atoms with Crippen LogP contribution in [0.2, 0.25) is 0 Å². The average Bonchev–Trinajstić information content (AvgIpc) is 2.60. The van der Waals surface area contributed by atoms with E-state index in [0.717, 1.165) is 0 Å². The van der Waals surface area contributed by atoms with E-state index in [0.29, 0.717) is 0 Å². The topological polar surface area (TPSA) is 245 Å². The zero-order chi connectivity index (χ0) is 21.9. The number of rotatable bonds is 13. The molecular weight excluding hydrogens is 384 g/mol. The molecule has 14 heteroatoms. The number of nitrogens with two attached hydrogens (primary N) is 1. The Balaban J connectivity index is 4.74. The number of aliphatic carboxylic acids is 3. The molecule has 0 heterocycles. The van der Waals surface area contributed by atoms with Crippen LogP contribution < -0.4 is 21.7 Å². The number of hydrogen-bond donors (Lipinski definition) is 8. The van der Waals surface area contributed by atoms with Gasteiger partial charge in [-0.05, 0) is 6.42 Å². The van der Waals surface area contributed by atoms with Gasteiger partial charge in [-0.1, -0.05) is 0 Å². The average molecular weight is 406 g/mol. The molecule has 0 aromatic carbocycles. The maximum absolute atomic E-state index is 12.0. The van der Waals surface area contributed by atoms with E-state index in [1.54, 1.807) is 0 Å². The molecule has 3 unspecified atom stereocenters. The molecule has 3 amide bonds. The van der Waals surface area contributed by atoms with E-state index < -0.39 is 73.3 Å². The predicted octanol–water partition coefficient (Wildman–Crippen LogP) is -4.18. The van der Waals surface area contributed by atoms with Crippen molar-refractivity contribution in [3.8, 4) is 0 Å². The van der Waals surface area contributed by atoms with Crippen molar-refractivity contribution in [2.24, 2.45) is 5.73 Å². The van der Waals surface area contributed by atoms with Crippen LogP contribution in [0.25, 0.3) is 0 Å². The fourth-order valence-corrected chi connectivity index (χ4v) is 1.80. The van der Waals surface area contributed by atoms with Gasteiger partial charge < -0.3 is 42.1 Å². The van der Waals surface area contributed by atoms with E-state index in [1.165, 1.54) is 0 Å². The molecule has 9 N–H and O–H groups in total. The number of carboxylic acid groups (broad SMARTS) is 3. The van der Waals surface area contributed by atoms with Crippen LogP contribution in [0.4, 0.5) is 0 Å². The highest BCUT2D eigenvalue weighted by atomic mass is 16.4. The number of amides is 3. The molecule has 0 aliphatic carbocycles. The van der Waals surface area contributed by atoms with Crippen molar-refractivity contribution in [1.82, 2.24) is 16.0 Å². The van der Waals surface area contributed by atoms with E-state index >= 15 is 0 Å². The first-order valence-electron chi connectivity index (χ1n) is 7.88. The summed E-state index contributed by atoms with van der Waals surface area (Å²) in [5.74, 6) is -7.18. The van der Waals surface area contributed by atoms with Crippen LogP contribution in [0.15, 0.2) is 0 Å². The number of carbonyl (C=O) groups excluding carboxylic acids is 3. The van der Waals surface area contributed by atoms with Gasteiger partial charge in [-0.3, -0.25) is 24.0 Å². The van der Waals surface area contributed by atoms with Gasteiger partial charge in [0.2, 0.25) is 17.7 Å². The number of nitrogens with one attached hydrogen (secondary N) is 3. The lowest BCUT2D eigenvalue weighted by atomic mass is 10.1. The van der Waals surface area contributed by atoms with E-state index in [-0.39, 0.29) is 12.8 Å². The SMILES string of the molecule is NC(CCC(=O)O)C(=O)NCC(=O)NC(CC(=O)O)C(=O)NC(CO)C(=O)O. The molecule has 0 aromatic heterocycles. The van der Waals surface area contributed by atoms with Crippen molar-refractivity contribution in [3.05, 3.63) is 0 Å². The quantitative estimate of drug-likeness (QED) is 0.146. The first-order valence-corrected chi connectivity index (χ1v) is 7.88. The van der Waals surface area contributed by atoms with Crippen LogP contribution >= 0.6 is 0 Å². The molecule has 28 heavy (non-hydrogen) atoms. The monoisotopic (exact) mass is 406 g/mol. The molecule has 0 bridgehead atoms. The minimum Gasteiger partial charge on any atom is -0.481 e. The maximum atomic E-state index is 12.0. The second-order valence-electron chi connectivity index (χ2n) is 5.56. The van der Waals surface area contributed by atoms with Gasteiger partial charge in [0.25, 0.3) is 0 Å². The van der Waals surface area contributed by atoms with Crippen LogP contribution in [0, 0.1) is 0 Å². The molecule has 14 nitrogen and oxygen atoms in total. The number of aliphatic hydroxyl groups is 1. The van der Waals surface area contributed by atoms with Crippen molar-refractivity contribution in [1.29, 1.82) is 0 Å². The molecule has 0 aliphatic rings. The van der Waals surface area contributed by atoms with E-state index in [1.807, 2.05) is 10.6 Å². The molecule has 0 radical (unpaired) electrons. The third-order valence-corrected chi connectivity index (χ3v) is 3.26. The Morgan fingerprint density at radius 3 is 1.93 bits per heavy atom. The van der Waals surface area contributed by atoms with Gasteiger partial charge in [-0.15, -0.1) is 0 Å². The van der Waals surface area contributed by atoms with Gasteiger partial charge in [0.1, 0.15) is 12.1 Å². The van der Waals surface area contributed by atoms with Crippen molar-refractivity contribution < 1.29 is 49.2 Å². The van der Waals surface area contributed by atoms with Gasteiger partial charge in [-0.2, -0.15) is 0 Å². The normalized spacial score (nSPS) is 13.5. The Hall–Kier alpha value is -3.26. The molecule has 0 aromatic rings. The van der Waals surface area contributed by atoms with Gasteiger partial charge in [0.15, 0.2) is 0 Å². The van der Waals surface area contributed by atoms with Gasteiger partial charge in [-0.25, -0.2) is 4.79 Å². The smallest absolute Gasteiger partial charge is 0.328 e. The molecule has 158 valence electrons. The van der Waals surface area contributed by atoms with E-state index in [9.17, 15) is 28.8 Å². The zero-order valence-electron chi connectivity index (χ0n) is 14.6. The third-order valence-electron chi connectivity index (χ3n) is 3.26. The summed E-state index contributed by atoms with van der Waals surface area (Å²) in [6.07, 6.45) is -1.43. The highest BCUT2D eigenvalue weighted by molar-refractivity contribution is 5.94. The van der Waals surface area contributed by atoms with Crippen LogP contribution in [-0.4, -0.2) is 87.3 Å². The first-order chi connectivity index (χ1) is 13.0. The van der Waals surface area contributed by atoms with Crippen LogP contribution in [0.1, 0.15) is 19.3 Å². The molecule has 0 saturated carbocycles. The van der Waals surface area contributed by atoms with Gasteiger partial charge >= 0.3 is 17.9 Å². The summed E-state index contributed by atoms with van der Waals surface area (Å²) >= 11 is 0. The summed E-state index contributed by atoms with van der Waals surface area (Å²) < 4.78 is 0. The van der Waals surface area contributed by atoms with Gasteiger partial charge in [0.05, 0.1) is 25.6 Å². The number of hydrogen-bond acceptors (Lipinski definition) is 8. The largest absolute Gasteiger partial charge is 0.481 e. The fourth-order valence-electron chi connectivity index (χ4n) is 1.80. The summed E-state index contributed by atoms with van der Waals surface area (Å²) in [7, 11) is 0. The highest BCUT2D eigenvalue weighted by Gasteiger charge is 2.28. The molecule has 0 fully saturated rings. The van der Waals surface area contributed by atoms with E-state index in [4.69, 9.17) is 26.2 Å². The lowest BCUT2D eigenvalue weighted by molar-refractivity contribution is -0.144. The molecule has 3 atom stereocenters. The van der Waals surface area contributed by atoms with Gasteiger partial charge in [0, 0.05) is 6.42 Å². The summed E-state index contributed by atoms with van der Waals surface area (Å²) in [6, 6.07) is -4.56. The first kappa shape index (κ1) is 24.7. The van der Waals surface area contributed by atoms with E-state index in [2.05, 4.69) is 5.32 Å². The predicted molar refractivity (Wildman–Crippen MR) is 88.7 cm³/mol. The van der Waals surface area contributed by atoms with Crippen LogP contribution in [-0.2, 0) is 28.8 Å². The zero-order valence-corrected chi connectivity index (χ0v) is 14.6. The maximum Gasteiger partial charge on any atom is 0.328 e. The van der Waals surface area contributed by atoms with Crippen LogP contribution in [0.3, 0.4) is 0 Å². The lowest BCUT2D eigenvalue weighted by Crippen LogP contribution is -2.55. The standard InChI is InChI=1S/C14H22N4O10/c15-6(1-2-10(21)22)12(25)16-4-9(20)17-7(3-11(23)24)13(26)18-8(5-19)14(27)28/h6-8,19H,1-5,15H2,(H,16,25)(H,17,20)(H,18,26)(H,21,22)(H,23,24)(H,27,28). The summed E-state index contributed by atoms with van der Waals surface area (Å²) in [6.45, 7) is -1.65. The molecule has 0 rings (SSSR count). The molecule has 0 spiro atoms. The summed E-state index contributed by atoms with van der Waals surface area (Å²) in [4.78, 5) is 67.5. The third kappa shape index (κ3) is 10.0. The highest BCUT2D eigenvalue weighted by Crippen LogP contribution is 1.97. The number of carboxylic acids is 3. The Morgan fingerprint density at radius 2 is 1.46 bits per heavy atom. The minimum atomic E-state index is -1.70. The number of carbonyl (C=O) groups is 6. The molecule has 0 aliphatic heterocycles. The Morgan fingerprint density at radius 1 is 0.857 bits per heavy atom. The van der Waals surface area contributed by atoms with Crippen molar-refractivity contribution >= 4 is 35.6 Å². The molecular formula is C14H22N4O10.